The molecular weight excluding hydrogens is 419 g/mol. The highest BCUT2D eigenvalue weighted by Crippen LogP contribution is 2.29. The monoisotopic (exact) mass is 436 g/mol. The van der Waals surface area contributed by atoms with Gasteiger partial charge >= 0.3 is 0 Å². The topological polar surface area (TPSA) is 146 Å². The Hall–Kier alpha value is -4.61. The fourth-order valence-electron chi connectivity index (χ4n) is 2.85. The number of aromatic nitrogens is 5. The van der Waals surface area contributed by atoms with Crippen molar-refractivity contribution >= 4 is 17.9 Å². The van der Waals surface area contributed by atoms with Crippen LogP contribution in [0, 0.1) is 5.82 Å². The van der Waals surface area contributed by atoms with Gasteiger partial charge in [0.2, 0.25) is 11.6 Å². The summed E-state index contributed by atoms with van der Waals surface area (Å²) in [5.74, 6) is -0.379. The molecular formula is C20H17FN8O3. The maximum atomic E-state index is 13.0. The number of anilines is 1. The summed E-state index contributed by atoms with van der Waals surface area (Å²) in [6.07, 6.45) is 1.37. The van der Waals surface area contributed by atoms with Gasteiger partial charge in [0.25, 0.3) is 5.91 Å². The maximum Gasteiger partial charge on any atom is 0.294 e. The second kappa shape index (κ2) is 9.04. The lowest BCUT2D eigenvalue weighted by Crippen LogP contribution is -2.19. The number of ether oxygens (including phenoxy) is 1. The third-order valence-corrected chi connectivity index (χ3v) is 4.25. The van der Waals surface area contributed by atoms with Gasteiger partial charge in [-0.1, -0.05) is 29.5 Å². The summed E-state index contributed by atoms with van der Waals surface area (Å²) in [5.41, 5.74) is 9.59. The minimum Gasteiger partial charge on any atom is -0.494 e. The highest BCUT2D eigenvalue weighted by atomic mass is 19.1. The molecule has 0 aliphatic heterocycles. The molecule has 0 aliphatic carbocycles. The Balaban J connectivity index is 1.69. The lowest BCUT2D eigenvalue weighted by Gasteiger charge is -2.08. The van der Waals surface area contributed by atoms with Crippen LogP contribution in [0.4, 0.5) is 10.2 Å². The van der Waals surface area contributed by atoms with Gasteiger partial charge in [-0.3, -0.25) is 4.79 Å². The van der Waals surface area contributed by atoms with Crippen LogP contribution in [0.3, 0.4) is 0 Å². The second-order valence-corrected chi connectivity index (χ2v) is 6.38. The number of nitrogens with one attached hydrogen (secondary N) is 1. The fraction of sp³-hybridized carbons (Fsp3) is 0.100. The predicted octanol–water partition coefficient (Wildman–Crippen LogP) is 2.20. The summed E-state index contributed by atoms with van der Waals surface area (Å²) < 4.78 is 24.5. The molecule has 2 heterocycles. The van der Waals surface area contributed by atoms with Gasteiger partial charge in [-0.05, 0) is 47.1 Å². The van der Waals surface area contributed by atoms with E-state index in [1.54, 1.807) is 24.3 Å². The van der Waals surface area contributed by atoms with Gasteiger partial charge in [0.05, 0.1) is 12.8 Å². The molecule has 32 heavy (non-hydrogen) atoms. The van der Waals surface area contributed by atoms with Crippen LogP contribution in [0.25, 0.3) is 17.1 Å². The molecule has 0 atom stereocenters. The van der Waals surface area contributed by atoms with Crippen molar-refractivity contribution in [3.63, 3.8) is 0 Å². The number of carbonyl (C=O) groups excluding carboxylic acids is 1. The van der Waals surface area contributed by atoms with Gasteiger partial charge < -0.3 is 10.5 Å². The van der Waals surface area contributed by atoms with E-state index in [0.29, 0.717) is 23.5 Å². The van der Waals surface area contributed by atoms with Crippen molar-refractivity contribution < 1.29 is 18.6 Å². The molecule has 2 aromatic carbocycles. The van der Waals surface area contributed by atoms with E-state index in [0.717, 1.165) is 0 Å². The number of benzene rings is 2. The standard InChI is InChI=1S/C20H17FN8O3/c1-2-31-15-5-3-4-13(10-15)17-16(24-28-29(17)19-18(22)26-32-27-19)20(30)25-23-11-12-6-8-14(21)9-7-12/h3-11H,2H2,1H3,(H2,22,26)(H,25,30)/b23-11+. The zero-order chi connectivity index (χ0) is 22.5. The Bertz CT molecular complexity index is 1270. The van der Waals surface area contributed by atoms with Gasteiger partial charge in [-0.15, -0.1) is 5.10 Å². The molecule has 11 nitrogen and oxygen atoms in total. The number of nitrogen functional groups attached to an aromatic ring is 1. The third-order valence-electron chi connectivity index (χ3n) is 4.25. The molecule has 4 aromatic rings. The van der Waals surface area contributed by atoms with E-state index in [2.05, 4.69) is 35.8 Å². The zero-order valence-corrected chi connectivity index (χ0v) is 16.8. The fourth-order valence-corrected chi connectivity index (χ4v) is 2.85. The molecule has 0 spiro atoms. The van der Waals surface area contributed by atoms with Crippen molar-refractivity contribution in [1.29, 1.82) is 0 Å². The summed E-state index contributed by atoms with van der Waals surface area (Å²) in [5, 5.41) is 19.2. The average Bonchev–Trinajstić information content (AvgIpc) is 3.41. The van der Waals surface area contributed by atoms with E-state index in [1.165, 1.54) is 35.2 Å². The summed E-state index contributed by atoms with van der Waals surface area (Å²) in [6, 6.07) is 12.6. The second-order valence-electron chi connectivity index (χ2n) is 6.38. The van der Waals surface area contributed by atoms with E-state index in [-0.39, 0.29) is 28.8 Å². The highest BCUT2D eigenvalue weighted by Gasteiger charge is 2.25. The smallest absolute Gasteiger partial charge is 0.294 e. The SMILES string of the molecule is CCOc1cccc(-c2c(C(=O)N/N=C/c3ccc(F)cc3)nnn2-c2nonc2N)c1. The van der Waals surface area contributed by atoms with E-state index < -0.39 is 5.91 Å². The van der Waals surface area contributed by atoms with Crippen molar-refractivity contribution in [2.24, 2.45) is 5.10 Å². The molecule has 0 aliphatic rings. The van der Waals surface area contributed by atoms with Crippen molar-refractivity contribution in [3.05, 3.63) is 65.6 Å². The number of halogens is 1. The number of carbonyl (C=O) groups is 1. The van der Waals surface area contributed by atoms with Crippen molar-refractivity contribution in [3.8, 4) is 22.8 Å². The molecule has 3 N–H and O–H groups in total. The molecule has 162 valence electrons. The van der Waals surface area contributed by atoms with Gasteiger partial charge in [0, 0.05) is 5.56 Å². The van der Waals surface area contributed by atoms with E-state index in [9.17, 15) is 9.18 Å². The van der Waals surface area contributed by atoms with Crippen LogP contribution in [0.15, 0.2) is 58.3 Å². The van der Waals surface area contributed by atoms with Crippen LogP contribution in [0.2, 0.25) is 0 Å². The molecule has 1 amide bonds. The normalized spacial score (nSPS) is 11.1. The van der Waals surface area contributed by atoms with Crippen LogP contribution < -0.4 is 15.9 Å². The Kier molecular flexibility index (Phi) is 5.83. The molecule has 0 fully saturated rings. The Morgan fingerprint density at radius 1 is 1.28 bits per heavy atom. The van der Waals surface area contributed by atoms with Crippen molar-refractivity contribution in [1.82, 2.24) is 30.7 Å². The number of hydrazone groups is 1. The van der Waals surface area contributed by atoms with Gasteiger partial charge in [0.15, 0.2) is 5.69 Å². The van der Waals surface area contributed by atoms with E-state index in [4.69, 9.17) is 10.5 Å². The minimum absolute atomic E-state index is 0.0293. The number of rotatable bonds is 7. The highest BCUT2D eigenvalue weighted by molar-refractivity contribution is 5.98. The van der Waals surface area contributed by atoms with Crippen molar-refractivity contribution in [2.45, 2.75) is 6.92 Å². The lowest BCUT2D eigenvalue weighted by atomic mass is 10.1. The van der Waals surface area contributed by atoms with Crippen LogP contribution in [-0.2, 0) is 0 Å². The number of nitrogens with two attached hydrogens (primary N) is 1. The number of amides is 1. The largest absolute Gasteiger partial charge is 0.494 e. The number of nitrogens with zero attached hydrogens (tertiary/aromatic N) is 6. The Morgan fingerprint density at radius 3 is 2.81 bits per heavy atom. The van der Waals surface area contributed by atoms with Gasteiger partial charge in [-0.25, -0.2) is 14.4 Å². The van der Waals surface area contributed by atoms with Crippen LogP contribution in [0.1, 0.15) is 23.0 Å². The molecule has 0 unspecified atom stereocenters. The molecule has 12 heteroatoms. The van der Waals surface area contributed by atoms with Crippen LogP contribution in [0.5, 0.6) is 5.75 Å². The number of hydrogen-bond acceptors (Lipinski definition) is 9. The first kappa shape index (κ1) is 20.7. The Morgan fingerprint density at radius 2 is 2.09 bits per heavy atom. The summed E-state index contributed by atoms with van der Waals surface area (Å²) in [7, 11) is 0. The predicted molar refractivity (Wildman–Crippen MR) is 112 cm³/mol. The van der Waals surface area contributed by atoms with Gasteiger partial charge in [-0.2, -0.15) is 9.78 Å². The first-order valence-corrected chi connectivity index (χ1v) is 9.43. The molecule has 0 saturated heterocycles. The van der Waals surface area contributed by atoms with Crippen molar-refractivity contribution in [2.75, 3.05) is 12.3 Å². The summed E-state index contributed by atoms with van der Waals surface area (Å²) in [4.78, 5) is 12.8. The van der Waals surface area contributed by atoms with Crippen LogP contribution >= 0.6 is 0 Å². The van der Waals surface area contributed by atoms with Gasteiger partial charge in [0.1, 0.15) is 17.3 Å². The van der Waals surface area contributed by atoms with Crippen LogP contribution in [-0.4, -0.2) is 44.0 Å². The average molecular weight is 436 g/mol. The Labute approximate surface area is 180 Å². The molecule has 2 aromatic heterocycles. The number of hydrogen-bond donors (Lipinski definition) is 2. The molecule has 4 rings (SSSR count). The molecule has 0 radical (unpaired) electrons. The summed E-state index contributed by atoms with van der Waals surface area (Å²) >= 11 is 0. The zero-order valence-electron chi connectivity index (χ0n) is 16.8. The minimum atomic E-state index is -0.638. The van der Waals surface area contributed by atoms with E-state index >= 15 is 0 Å². The first-order valence-electron chi connectivity index (χ1n) is 9.43. The quantitative estimate of drug-likeness (QED) is 0.331. The lowest BCUT2D eigenvalue weighted by molar-refractivity contribution is 0.0950. The maximum absolute atomic E-state index is 13.0. The third kappa shape index (κ3) is 4.28. The van der Waals surface area contributed by atoms with E-state index in [1.807, 2.05) is 6.92 Å². The first-order chi connectivity index (χ1) is 15.6. The summed E-state index contributed by atoms with van der Waals surface area (Å²) in [6.45, 7) is 2.32. The molecule has 0 bridgehead atoms. The molecule has 0 saturated carbocycles.